The molecule has 0 amide bonds. The third-order valence-electron chi connectivity index (χ3n) is 5.42. The zero-order valence-corrected chi connectivity index (χ0v) is 23.7. The Morgan fingerprint density at radius 2 is 1.58 bits per heavy atom. The van der Waals surface area contributed by atoms with Gasteiger partial charge in [-0.2, -0.15) is 13.2 Å². The molecule has 0 fully saturated rings. The van der Waals surface area contributed by atoms with Gasteiger partial charge in [-0.3, -0.25) is 10.1 Å². The summed E-state index contributed by atoms with van der Waals surface area (Å²) in [5.74, 6) is -5.41. The summed E-state index contributed by atoms with van der Waals surface area (Å²) < 4.78 is 101. The van der Waals surface area contributed by atoms with E-state index in [1.807, 2.05) is 0 Å². The quantitative estimate of drug-likeness (QED) is 0.0997. The fraction of sp³-hybridized carbons (Fsp3) is 0.0385. The zero-order chi connectivity index (χ0) is 31.6. The molecule has 4 aromatic rings. The summed E-state index contributed by atoms with van der Waals surface area (Å²) in [6.45, 7) is 0. The average Bonchev–Trinajstić information content (AvgIpc) is 3.46. The van der Waals surface area contributed by atoms with Crippen molar-refractivity contribution in [2.75, 3.05) is 4.72 Å². The van der Waals surface area contributed by atoms with Gasteiger partial charge in [-0.1, -0.05) is 30.3 Å². The number of amidine groups is 1. The van der Waals surface area contributed by atoms with Gasteiger partial charge in [-0.15, -0.1) is 11.3 Å². The average molecular weight is 654 g/mol. The van der Waals surface area contributed by atoms with Crippen molar-refractivity contribution < 1.29 is 49.1 Å². The molecule has 0 spiro atoms. The molecule has 0 saturated carbocycles. The monoisotopic (exact) mass is 653 g/mol. The minimum absolute atomic E-state index is 0.0111. The van der Waals surface area contributed by atoms with Crippen molar-refractivity contribution in [3.63, 3.8) is 0 Å². The minimum atomic E-state index is -5.51. The number of carbonyl (C=O) groups excluding carboxylic acids is 2. The maximum Gasteiger partial charge on any atom is 0.491 e. The van der Waals surface area contributed by atoms with E-state index >= 15 is 0 Å². The highest BCUT2D eigenvalue weighted by molar-refractivity contribution is 7.95. The van der Waals surface area contributed by atoms with Crippen molar-refractivity contribution in [3.05, 3.63) is 95.4 Å². The summed E-state index contributed by atoms with van der Waals surface area (Å²) in [6, 6.07) is 16.6. The molecule has 17 heteroatoms. The molecule has 0 atom stereocenters. The first-order chi connectivity index (χ1) is 20.1. The predicted octanol–water partition coefficient (Wildman–Crippen LogP) is 4.70. The van der Waals surface area contributed by atoms with Gasteiger partial charge in [0.15, 0.2) is 0 Å². The van der Waals surface area contributed by atoms with E-state index in [4.69, 9.17) is 15.9 Å². The van der Waals surface area contributed by atoms with Crippen LogP contribution in [0, 0.1) is 5.41 Å². The fourth-order valence-electron chi connectivity index (χ4n) is 3.42. The lowest BCUT2D eigenvalue weighted by Gasteiger charge is -2.14. The lowest BCUT2D eigenvalue weighted by atomic mass is 10.1. The van der Waals surface area contributed by atoms with Crippen LogP contribution in [-0.4, -0.2) is 40.8 Å². The topological polar surface area (TPSA) is 183 Å². The van der Waals surface area contributed by atoms with E-state index in [2.05, 4.69) is 9.46 Å². The Kier molecular flexibility index (Phi) is 8.61. The SMILES string of the molecule is N=C(N)c1cccc(Oc2ccc(NS(=O)(=O)c3cc(S(=O)(=O)c4ccccc4)cs3)cc2C(=O)OC(=O)C(F)(F)F)c1. The molecular weight excluding hydrogens is 635 g/mol. The second kappa shape index (κ2) is 11.9. The van der Waals surface area contributed by atoms with Crippen LogP contribution in [0.15, 0.2) is 98.2 Å². The second-order valence-electron chi connectivity index (χ2n) is 8.45. The number of hydrogen-bond donors (Lipinski definition) is 3. The van der Waals surface area contributed by atoms with Gasteiger partial charge < -0.3 is 15.2 Å². The number of esters is 2. The van der Waals surface area contributed by atoms with Crippen LogP contribution >= 0.6 is 11.3 Å². The Labute approximate surface area is 246 Å². The minimum Gasteiger partial charge on any atom is -0.456 e. The summed E-state index contributed by atoms with van der Waals surface area (Å²) in [5.41, 5.74) is 4.52. The van der Waals surface area contributed by atoms with E-state index in [0.29, 0.717) is 11.3 Å². The largest absolute Gasteiger partial charge is 0.491 e. The molecule has 3 aromatic carbocycles. The van der Waals surface area contributed by atoms with E-state index < -0.39 is 53.5 Å². The Bertz CT molecular complexity index is 1940. The van der Waals surface area contributed by atoms with Crippen LogP contribution in [0.2, 0.25) is 0 Å². The summed E-state index contributed by atoms with van der Waals surface area (Å²) in [6.07, 6.45) is -5.51. The molecule has 0 aliphatic carbocycles. The Morgan fingerprint density at radius 3 is 2.23 bits per heavy atom. The van der Waals surface area contributed by atoms with Gasteiger partial charge >= 0.3 is 18.1 Å². The number of nitrogens with one attached hydrogen (secondary N) is 2. The molecule has 43 heavy (non-hydrogen) atoms. The number of halogens is 3. The van der Waals surface area contributed by atoms with Gasteiger partial charge in [0, 0.05) is 16.6 Å². The number of benzene rings is 3. The number of alkyl halides is 3. The highest BCUT2D eigenvalue weighted by Crippen LogP contribution is 2.33. The summed E-state index contributed by atoms with van der Waals surface area (Å²) in [4.78, 5) is 23.6. The van der Waals surface area contributed by atoms with Crippen molar-refractivity contribution in [2.45, 2.75) is 20.2 Å². The molecule has 1 aromatic heterocycles. The maximum atomic E-state index is 13.1. The maximum absolute atomic E-state index is 13.1. The van der Waals surface area contributed by atoms with Crippen LogP contribution in [-0.2, 0) is 29.4 Å². The van der Waals surface area contributed by atoms with Gasteiger partial charge in [0.05, 0.1) is 9.79 Å². The van der Waals surface area contributed by atoms with Crippen LogP contribution in [0.5, 0.6) is 11.5 Å². The molecule has 11 nitrogen and oxygen atoms in total. The number of nitrogens with two attached hydrogens (primary N) is 1. The number of rotatable bonds is 9. The smallest absolute Gasteiger partial charge is 0.456 e. The van der Waals surface area contributed by atoms with Gasteiger partial charge in [0.25, 0.3) is 10.0 Å². The standard InChI is InChI=1S/C26H18F3N3O8S3/c27-26(28,29)25(34)40-24(33)20-12-16(9-10-21(20)39-17-6-4-5-15(11-17)23(30)31)32-43(37,38)22-13-19(14-41-22)42(35,36)18-7-2-1-3-8-18/h1-14,32H,(H3,30,31). The van der Waals surface area contributed by atoms with Crippen LogP contribution in [0.3, 0.4) is 0 Å². The van der Waals surface area contributed by atoms with E-state index in [1.54, 1.807) is 6.07 Å². The summed E-state index contributed by atoms with van der Waals surface area (Å²) >= 11 is 0.584. The highest BCUT2D eigenvalue weighted by atomic mass is 32.2. The Balaban J connectivity index is 1.67. The molecular formula is C26H18F3N3O8S3. The van der Waals surface area contributed by atoms with E-state index in [-0.39, 0.29) is 32.6 Å². The molecule has 0 aliphatic heterocycles. The number of thiophene rings is 1. The molecule has 0 radical (unpaired) electrons. The lowest BCUT2D eigenvalue weighted by molar-refractivity contribution is -0.193. The number of anilines is 1. The van der Waals surface area contributed by atoms with E-state index in [0.717, 1.165) is 29.6 Å². The summed E-state index contributed by atoms with van der Waals surface area (Å²) in [7, 11) is -8.53. The number of nitrogen functional groups attached to an aromatic ring is 1. The molecule has 1 heterocycles. The number of carbonyl (C=O) groups is 2. The molecule has 0 aliphatic rings. The normalized spacial score (nSPS) is 11.9. The molecule has 224 valence electrons. The number of hydrogen-bond acceptors (Lipinski definition) is 10. The van der Waals surface area contributed by atoms with Crippen molar-refractivity contribution in [2.24, 2.45) is 5.73 Å². The van der Waals surface area contributed by atoms with E-state index in [9.17, 15) is 39.6 Å². The first-order valence-corrected chi connectivity index (χ1v) is 15.4. The summed E-state index contributed by atoms with van der Waals surface area (Å²) in [5, 5.41) is 8.65. The third-order valence-corrected chi connectivity index (χ3v) is 10.1. The van der Waals surface area contributed by atoms with Crippen molar-refractivity contribution in [1.29, 1.82) is 5.41 Å². The predicted molar refractivity (Wildman–Crippen MR) is 147 cm³/mol. The lowest BCUT2D eigenvalue weighted by Crippen LogP contribution is -2.28. The van der Waals surface area contributed by atoms with Gasteiger partial charge in [-0.25, -0.2) is 26.4 Å². The number of sulfone groups is 1. The van der Waals surface area contributed by atoms with Gasteiger partial charge in [0.2, 0.25) is 9.84 Å². The van der Waals surface area contributed by atoms with Crippen LogP contribution in [0.25, 0.3) is 0 Å². The molecule has 4 N–H and O–H groups in total. The fourth-order valence-corrected chi connectivity index (χ4v) is 7.37. The highest BCUT2D eigenvalue weighted by Gasteiger charge is 2.43. The van der Waals surface area contributed by atoms with Crippen LogP contribution in [0.4, 0.5) is 18.9 Å². The van der Waals surface area contributed by atoms with Crippen LogP contribution in [0.1, 0.15) is 15.9 Å². The van der Waals surface area contributed by atoms with Crippen molar-refractivity contribution >= 4 is 54.7 Å². The first kappa shape index (κ1) is 31.2. The molecule has 0 unspecified atom stereocenters. The molecule has 0 saturated heterocycles. The second-order valence-corrected chi connectivity index (χ2v) is 13.2. The van der Waals surface area contributed by atoms with Gasteiger partial charge in [0.1, 0.15) is 27.1 Å². The number of ether oxygens (including phenoxy) is 2. The Morgan fingerprint density at radius 1 is 0.884 bits per heavy atom. The zero-order valence-electron chi connectivity index (χ0n) is 21.3. The molecule has 4 rings (SSSR count). The third kappa shape index (κ3) is 7.19. The van der Waals surface area contributed by atoms with E-state index in [1.165, 1.54) is 48.5 Å². The molecule has 0 bridgehead atoms. The number of sulfonamides is 1. The van der Waals surface area contributed by atoms with Crippen molar-refractivity contribution in [1.82, 2.24) is 0 Å². The van der Waals surface area contributed by atoms with Gasteiger partial charge in [-0.05, 0) is 48.5 Å². The first-order valence-electron chi connectivity index (χ1n) is 11.6. The Hall–Kier alpha value is -4.74. The van der Waals surface area contributed by atoms with Crippen LogP contribution < -0.4 is 15.2 Å². The van der Waals surface area contributed by atoms with Crippen molar-refractivity contribution in [3.8, 4) is 11.5 Å².